The van der Waals surface area contributed by atoms with E-state index < -0.39 is 5.97 Å². The second-order valence-corrected chi connectivity index (χ2v) is 3.81. The quantitative estimate of drug-likeness (QED) is 0.849. The first kappa shape index (κ1) is 9.73. The van der Waals surface area contributed by atoms with Crippen molar-refractivity contribution in [3.8, 4) is 0 Å². The van der Waals surface area contributed by atoms with Crippen LogP contribution in [0.5, 0.6) is 0 Å². The Morgan fingerprint density at radius 1 is 1.75 bits per heavy atom. The van der Waals surface area contributed by atoms with Gasteiger partial charge in [0, 0.05) is 9.77 Å². The Kier molecular flexibility index (Phi) is 3.28. The number of halogens is 2. The molecule has 0 spiro atoms. The molecule has 1 heterocycles. The van der Waals surface area contributed by atoms with Gasteiger partial charge in [0.15, 0.2) is 0 Å². The zero-order valence-corrected chi connectivity index (χ0v) is 8.83. The van der Waals surface area contributed by atoms with Crippen LogP contribution in [0, 0.1) is 3.57 Å². The number of nitrogens with zero attached hydrogens (tertiary/aromatic N) is 1. The average molecular weight is 297 g/mol. The molecule has 3 nitrogen and oxygen atoms in total. The van der Waals surface area contributed by atoms with Crippen molar-refractivity contribution in [3.05, 3.63) is 26.5 Å². The Morgan fingerprint density at radius 3 is 2.92 bits per heavy atom. The van der Waals surface area contributed by atoms with Gasteiger partial charge in [-0.05, 0) is 28.7 Å². The molecule has 1 N–H and O–H groups in total. The normalized spacial score (nSPS) is 9.83. The highest BCUT2D eigenvalue weighted by Gasteiger charge is 2.06. The van der Waals surface area contributed by atoms with E-state index in [1.165, 1.54) is 0 Å². The first-order valence-corrected chi connectivity index (χ1v) is 4.57. The standard InChI is InChI=1S/C7H5ClINO2/c8-5-1-4(9)3-10-6(5)2-7(11)12/h1,3H,2H2,(H,11,12). The van der Waals surface area contributed by atoms with Crippen molar-refractivity contribution in [2.45, 2.75) is 6.42 Å². The highest BCUT2D eigenvalue weighted by molar-refractivity contribution is 14.1. The monoisotopic (exact) mass is 297 g/mol. The van der Waals surface area contributed by atoms with Crippen LogP contribution in [-0.2, 0) is 11.2 Å². The summed E-state index contributed by atoms with van der Waals surface area (Å²) in [7, 11) is 0. The van der Waals surface area contributed by atoms with E-state index in [0.717, 1.165) is 3.57 Å². The Labute approximate surface area is 87.9 Å². The lowest BCUT2D eigenvalue weighted by Crippen LogP contribution is -2.02. The van der Waals surface area contributed by atoms with Crippen molar-refractivity contribution in [3.63, 3.8) is 0 Å². The zero-order chi connectivity index (χ0) is 9.14. The predicted molar refractivity (Wildman–Crippen MR) is 53.3 cm³/mol. The van der Waals surface area contributed by atoms with Crippen molar-refractivity contribution < 1.29 is 9.90 Å². The minimum atomic E-state index is -0.925. The SMILES string of the molecule is O=C(O)Cc1ncc(I)cc1Cl. The molecular weight excluding hydrogens is 292 g/mol. The highest BCUT2D eigenvalue weighted by Crippen LogP contribution is 2.16. The molecule has 0 saturated carbocycles. The minimum Gasteiger partial charge on any atom is -0.481 e. The first-order chi connectivity index (χ1) is 5.59. The van der Waals surface area contributed by atoms with Gasteiger partial charge in [-0.25, -0.2) is 0 Å². The van der Waals surface area contributed by atoms with E-state index in [-0.39, 0.29) is 6.42 Å². The van der Waals surface area contributed by atoms with Crippen molar-refractivity contribution in [1.29, 1.82) is 0 Å². The maximum Gasteiger partial charge on any atom is 0.309 e. The van der Waals surface area contributed by atoms with Gasteiger partial charge in [0.2, 0.25) is 0 Å². The van der Waals surface area contributed by atoms with Gasteiger partial charge in [-0.15, -0.1) is 0 Å². The second-order valence-electron chi connectivity index (χ2n) is 2.15. The number of aliphatic carboxylic acids is 1. The fourth-order valence-electron chi connectivity index (χ4n) is 0.716. The van der Waals surface area contributed by atoms with Crippen LogP contribution in [0.1, 0.15) is 5.69 Å². The molecule has 5 heteroatoms. The molecule has 0 amide bonds. The number of carboxylic acids is 1. The summed E-state index contributed by atoms with van der Waals surface area (Å²) in [5.41, 5.74) is 0.407. The van der Waals surface area contributed by atoms with Gasteiger partial charge in [0.25, 0.3) is 0 Å². The van der Waals surface area contributed by atoms with Crippen LogP contribution in [0.4, 0.5) is 0 Å². The molecule has 12 heavy (non-hydrogen) atoms. The molecule has 0 saturated heterocycles. The van der Waals surface area contributed by atoms with Crippen LogP contribution in [0.3, 0.4) is 0 Å². The summed E-state index contributed by atoms with van der Waals surface area (Å²) in [4.78, 5) is 14.2. The largest absolute Gasteiger partial charge is 0.481 e. The van der Waals surface area contributed by atoms with Crippen LogP contribution in [0.2, 0.25) is 5.02 Å². The maximum atomic E-state index is 10.3. The van der Waals surface area contributed by atoms with Gasteiger partial charge >= 0.3 is 5.97 Å². The highest BCUT2D eigenvalue weighted by atomic mass is 127. The Morgan fingerprint density at radius 2 is 2.42 bits per heavy atom. The number of carboxylic acid groups (broad SMARTS) is 1. The van der Waals surface area contributed by atoms with Gasteiger partial charge in [-0.3, -0.25) is 9.78 Å². The van der Waals surface area contributed by atoms with E-state index >= 15 is 0 Å². The number of rotatable bonds is 2. The number of hydrogen-bond donors (Lipinski definition) is 1. The summed E-state index contributed by atoms with van der Waals surface area (Å²) in [6, 6.07) is 1.69. The minimum absolute atomic E-state index is 0.129. The summed E-state index contributed by atoms with van der Waals surface area (Å²) >= 11 is 7.80. The van der Waals surface area contributed by atoms with Crippen LogP contribution < -0.4 is 0 Å². The predicted octanol–water partition coefficient (Wildman–Crippen LogP) is 1.97. The molecule has 1 rings (SSSR count). The number of pyridine rings is 1. The van der Waals surface area contributed by atoms with Gasteiger partial charge in [-0.2, -0.15) is 0 Å². The molecule has 0 unspecified atom stereocenters. The number of aromatic nitrogens is 1. The number of hydrogen-bond acceptors (Lipinski definition) is 2. The van der Waals surface area contributed by atoms with Gasteiger partial charge < -0.3 is 5.11 Å². The fourth-order valence-corrected chi connectivity index (χ4v) is 1.58. The third kappa shape index (κ3) is 2.60. The third-order valence-corrected chi connectivity index (χ3v) is 2.12. The molecule has 0 atom stereocenters. The van der Waals surface area contributed by atoms with Crippen LogP contribution >= 0.6 is 34.2 Å². The van der Waals surface area contributed by atoms with E-state index in [9.17, 15) is 4.79 Å². The van der Waals surface area contributed by atoms with E-state index in [4.69, 9.17) is 16.7 Å². The molecule has 0 aliphatic carbocycles. The smallest absolute Gasteiger partial charge is 0.309 e. The molecule has 0 radical (unpaired) electrons. The van der Waals surface area contributed by atoms with E-state index in [1.807, 2.05) is 0 Å². The van der Waals surface area contributed by atoms with Crippen molar-refractivity contribution >= 4 is 40.2 Å². The van der Waals surface area contributed by atoms with E-state index in [0.29, 0.717) is 10.7 Å². The lowest BCUT2D eigenvalue weighted by Gasteiger charge is -1.99. The molecule has 0 aliphatic rings. The summed E-state index contributed by atoms with van der Waals surface area (Å²) in [6.07, 6.45) is 1.46. The zero-order valence-electron chi connectivity index (χ0n) is 5.92. The van der Waals surface area contributed by atoms with Gasteiger partial charge in [0.05, 0.1) is 17.1 Å². The topological polar surface area (TPSA) is 50.2 Å². The van der Waals surface area contributed by atoms with Gasteiger partial charge in [0.1, 0.15) is 0 Å². The molecule has 0 aromatic carbocycles. The maximum absolute atomic E-state index is 10.3. The number of carbonyl (C=O) groups is 1. The Bertz CT molecular complexity index is 316. The van der Waals surface area contributed by atoms with E-state index in [1.54, 1.807) is 12.3 Å². The third-order valence-electron chi connectivity index (χ3n) is 1.20. The molecule has 64 valence electrons. The summed E-state index contributed by atoms with van der Waals surface area (Å²) < 4.78 is 0.895. The van der Waals surface area contributed by atoms with Crippen LogP contribution in [0.15, 0.2) is 12.3 Å². The molecule has 0 bridgehead atoms. The summed E-state index contributed by atoms with van der Waals surface area (Å²) in [5.74, 6) is -0.925. The lowest BCUT2D eigenvalue weighted by atomic mass is 10.3. The molecule has 0 fully saturated rings. The van der Waals surface area contributed by atoms with E-state index in [2.05, 4.69) is 27.6 Å². The van der Waals surface area contributed by atoms with Crippen molar-refractivity contribution in [2.75, 3.05) is 0 Å². The fraction of sp³-hybridized carbons (Fsp3) is 0.143. The Balaban J connectivity index is 2.93. The average Bonchev–Trinajstić information content (AvgIpc) is 1.94. The lowest BCUT2D eigenvalue weighted by molar-refractivity contribution is -0.136. The van der Waals surface area contributed by atoms with Gasteiger partial charge in [-0.1, -0.05) is 11.6 Å². The van der Waals surface area contributed by atoms with Crippen molar-refractivity contribution in [1.82, 2.24) is 4.98 Å². The Hall–Kier alpha value is -0.360. The molecule has 1 aromatic heterocycles. The second kappa shape index (κ2) is 4.04. The van der Waals surface area contributed by atoms with Crippen LogP contribution in [-0.4, -0.2) is 16.1 Å². The van der Waals surface area contributed by atoms with Crippen LogP contribution in [0.25, 0.3) is 0 Å². The van der Waals surface area contributed by atoms with Crippen molar-refractivity contribution in [2.24, 2.45) is 0 Å². The first-order valence-electron chi connectivity index (χ1n) is 3.11. The molecular formula is C7H5ClINO2. The summed E-state index contributed by atoms with van der Waals surface area (Å²) in [6.45, 7) is 0. The molecule has 1 aromatic rings. The molecule has 0 aliphatic heterocycles. The summed E-state index contributed by atoms with van der Waals surface area (Å²) in [5, 5.41) is 8.87.